The van der Waals surface area contributed by atoms with Crippen molar-refractivity contribution in [3.05, 3.63) is 12.2 Å². The van der Waals surface area contributed by atoms with Gasteiger partial charge in [0.1, 0.15) is 13.2 Å². The Hall–Kier alpha value is -0.760. The number of carbonyl (C=O) groups is 1. The van der Waals surface area contributed by atoms with Crippen LogP contribution in [0.5, 0.6) is 0 Å². The number of likely N-dealkylation sites (N-methyl/N-ethyl adjacent to an activating group) is 1. The van der Waals surface area contributed by atoms with Crippen molar-refractivity contribution in [1.29, 1.82) is 0 Å². The van der Waals surface area contributed by atoms with Gasteiger partial charge < -0.3 is 19.8 Å². The van der Waals surface area contributed by atoms with Gasteiger partial charge in [0.15, 0.2) is 0 Å². The van der Waals surface area contributed by atoms with E-state index in [2.05, 4.69) is 19.2 Å². The largest absolute Gasteiger partial charge is 0.472 e. The Balaban J connectivity index is 4.75. The zero-order chi connectivity index (χ0) is 26.6. The summed E-state index contributed by atoms with van der Waals surface area (Å²) in [5.74, 6) is -0.197. The quantitative estimate of drug-likeness (QED) is 0.0726. The van der Waals surface area contributed by atoms with E-state index in [-0.39, 0.29) is 19.1 Å². The molecule has 0 aliphatic rings. The lowest BCUT2D eigenvalue weighted by Gasteiger charge is -2.25. The van der Waals surface area contributed by atoms with Crippen molar-refractivity contribution in [2.75, 3.05) is 40.9 Å². The van der Waals surface area contributed by atoms with Crippen molar-refractivity contribution < 1.29 is 32.9 Å². The second kappa shape index (κ2) is 20.3. The van der Waals surface area contributed by atoms with Crippen molar-refractivity contribution in [2.24, 2.45) is 0 Å². The molecule has 0 aromatic rings. The van der Waals surface area contributed by atoms with Crippen LogP contribution in [0.2, 0.25) is 0 Å². The summed E-state index contributed by atoms with van der Waals surface area (Å²) in [4.78, 5) is 22.5. The Labute approximate surface area is 214 Å². The van der Waals surface area contributed by atoms with E-state index in [4.69, 9.17) is 9.05 Å². The third-order valence-electron chi connectivity index (χ3n) is 5.76. The Bertz CT molecular complexity index is 609. The van der Waals surface area contributed by atoms with Gasteiger partial charge in [-0.2, -0.15) is 0 Å². The minimum absolute atomic E-state index is 0.0623. The van der Waals surface area contributed by atoms with E-state index in [1.54, 1.807) is 6.08 Å². The first-order valence-corrected chi connectivity index (χ1v) is 15.1. The van der Waals surface area contributed by atoms with Gasteiger partial charge in [-0.3, -0.25) is 13.8 Å². The van der Waals surface area contributed by atoms with E-state index in [9.17, 15) is 19.4 Å². The molecule has 0 heterocycles. The standard InChI is InChI=1S/C26H53N2O6P/c1-6-8-10-12-13-14-16-17-19-25(29)24(27-26(30)20-18-15-11-9-7-2)23-34-35(31,32)33-22-21-28(3,4)5/h17,19,24-25,29H,6-16,18,20-23H2,1-5H3,(H-,27,30,31,32)/p+1/b19-17+. The minimum Gasteiger partial charge on any atom is -0.387 e. The molecule has 8 nitrogen and oxygen atoms in total. The lowest BCUT2D eigenvalue weighted by molar-refractivity contribution is -0.870. The second-order valence-corrected chi connectivity index (χ2v) is 11.9. The average molecular weight is 522 g/mol. The number of phosphoric acid groups is 1. The van der Waals surface area contributed by atoms with Gasteiger partial charge in [0.25, 0.3) is 0 Å². The normalized spacial score (nSPS) is 15.7. The predicted octanol–water partition coefficient (Wildman–Crippen LogP) is 5.34. The number of nitrogens with zero attached hydrogens (tertiary/aromatic N) is 1. The number of quaternary nitrogens is 1. The molecule has 0 rings (SSSR count). The lowest BCUT2D eigenvalue weighted by Crippen LogP contribution is -2.45. The molecule has 0 aromatic carbocycles. The van der Waals surface area contributed by atoms with Gasteiger partial charge >= 0.3 is 7.82 Å². The smallest absolute Gasteiger partial charge is 0.387 e. The maximum absolute atomic E-state index is 12.4. The molecule has 1 amide bonds. The maximum Gasteiger partial charge on any atom is 0.472 e. The third-order valence-corrected chi connectivity index (χ3v) is 6.74. The number of phosphoric ester groups is 1. The van der Waals surface area contributed by atoms with Crippen molar-refractivity contribution in [2.45, 2.75) is 109 Å². The first kappa shape index (κ1) is 34.2. The Morgan fingerprint density at radius 3 is 2.11 bits per heavy atom. The van der Waals surface area contributed by atoms with Crippen molar-refractivity contribution in [3.8, 4) is 0 Å². The van der Waals surface area contributed by atoms with Crippen LogP contribution in [0, 0.1) is 0 Å². The van der Waals surface area contributed by atoms with Gasteiger partial charge in [-0.15, -0.1) is 0 Å². The van der Waals surface area contributed by atoms with Gasteiger partial charge in [0.2, 0.25) is 5.91 Å². The van der Waals surface area contributed by atoms with Crippen LogP contribution >= 0.6 is 7.82 Å². The number of hydrogen-bond donors (Lipinski definition) is 3. The number of carbonyl (C=O) groups excluding carboxylic acids is 1. The molecule has 0 fully saturated rings. The van der Waals surface area contributed by atoms with Gasteiger partial charge in [-0.05, 0) is 19.3 Å². The highest BCUT2D eigenvalue weighted by atomic mass is 31.2. The predicted molar refractivity (Wildman–Crippen MR) is 143 cm³/mol. The number of hydrogen-bond acceptors (Lipinski definition) is 5. The molecule has 0 spiro atoms. The van der Waals surface area contributed by atoms with Crippen molar-refractivity contribution in [3.63, 3.8) is 0 Å². The summed E-state index contributed by atoms with van der Waals surface area (Å²) < 4.78 is 23.1. The third kappa shape index (κ3) is 22.2. The van der Waals surface area contributed by atoms with E-state index < -0.39 is 20.0 Å². The zero-order valence-corrected chi connectivity index (χ0v) is 23.9. The number of allylic oxidation sites excluding steroid dienone is 1. The van der Waals surface area contributed by atoms with Gasteiger partial charge in [0.05, 0.1) is 39.9 Å². The van der Waals surface area contributed by atoms with Crippen molar-refractivity contribution in [1.82, 2.24) is 5.32 Å². The van der Waals surface area contributed by atoms with Gasteiger partial charge in [0, 0.05) is 6.42 Å². The molecule has 0 saturated carbocycles. The molecule has 35 heavy (non-hydrogen) atoms. The Morgan fingerprint density at radius 2 is 1.51 bits per heavy atom. The number of nitrogens with one attached hydrogen (secondary N) is 1. The fourth-order valence-electron chi connectivity index (χ4n) is 3.45. The Kier molecular flexibility index (Phi) is 19.9. The maximum atomic E-state index is 12.4. The summed E-state index contributed by atoms with van der Waals surface area (Å²) in [7, 11) is 1.56. The van der Waals surface area contributed by atoms with Crippen LogP contribution in [0.1, 0.15) is 97.3 Å². The van der Waals surface area contributed by atoms with E-state index in [0.29, 0.717) is 17.4 Å². The van der Waals surface area contributed by atoms with E-state index >= 15 is 0 Å². The summed E-state index contributed by atoms with van der Waals surface area (Å²) in [6.07, 6.45) is 16.0. The first-order chi connectivity index (χ1) is 16.5. The summed E-state index contributed by atoms with van der Waals surface area (Å²) in [5, 5.41) is 13.4. The molecule has 0 radical (unpaired) electrons. The molecular weight excluding hydrogens is 467 g/mol. The summed E-state index contributed by atoms with van der Waals surface area (Å²) in [6, 6.07) is -0.832. The van der Waals surface area contributed by atoms with Gasteiger partial charge in [-0.25, -0.2) is 4.57 Å². The first-order valence-electron chi connectivity index (χ1n) is 13.6. The molecule has 0 bridgehead atoms. The molecule has 208 valence electrons. The number of rotatable bonds is 23. The topological polar surface area (TPSA) is 105 Å². The van der Waals surface area contributed by atoms with Crippen molar-refractivity contribution >= 4 is 13.7 Å². The number of unbranched alkanes of at least 4 members (excludes halogenated alkanes) is 10. The SMILES string of the molecule is CCCCCCCC/C=C/C(O)C(COP(=O)(O)OCC[N+](C)(C)C)NC(=O)CCCCCCC. The van der Waals surface area contributed by atoms with Crippen LogP contribution < -0.4 is 5.32 Å². The Morgan fingerprint density at radius 1 is 0.943 bits per heavy atom. The van der Waals surface area contributed by atoms with Crippen LogP contribution in [-0.4, -0.2) is 73.4 Å². The second-order valence-electron chi connectivity index (χ2n) is 10.4. The molecule has 0 aromatic heterocycles. The number of aliphatic hydroxyl groups is 1. The molecule has 9 heteroatoms. The molecule has 0 saturated heterocycles. The summed E-state index contributed by atoms with van der Waals surface area (Å²) in [6.45, 7) is 4.62. The van der Waals surface area contributed by atoms with Crippen LogP contribution in [0.3, 0.4) is 0 Å². The highest BCUT2D eigenvalue weighted by Gasteiger charge is 2.27. The fourth-order valence-corrected chi connectivity index (χ4v) is 4.18. The molecule has 3 atom stereocenters. The monoisotopic (exact) mass is 521 g/mol. The molecule has 3 N–H and O–H groups in total. The van der Waals surface area contributed by atoms with Gasteiger partial charge in [-0.1, -0.05) is 83.8 Å². The summed E-state index contributed by atoms with van der Waals surface area (Å²) in [5.41, 5.74) is 0. The lowest BCUT2D eigenvalue weighted by atomic mass is 10.1. The molecule has 0 aliphatic carbocycles. The highest BCUT2D eigenvalue weighted by molar-refractivity contribution is 7.47. The number of aliphatic hydroxyl groups excluding tert-OH is 1. The highest BCUT2D eigenvalue weighted by Crippen LogP contribution is 2.43. The van der Waals surface area contributed by atoms with Crippen LogP contribution in [0.15, 0.2) is 12.2 Å². The van der Waals surface area contributed by atoms with E-state index in [1.165, 1.54) is 25.7 Å². The number of amides is 1. The molecule has 0 aliphatic heterocycles. The van der Waals surface area contributed by atoms with E-state index in [0.717, 1.165) is 51.4 Å². The molecular formula is C26H54N2O6P+. The van der Waals surface area contributed by atoms with Crippen LogP contribution in [-0.2, 0) is 18.4 Å². The minimum atomic E-state index is -4.30. The zero-order valence-electron chi connectivity index (χ0n) is 23.0. The molecule has 3 unspecified atom stereocenters. The fraction of sp³-hybridized carbons (Fsp3) is 0.885. The summed E-state index contributed by atoms with van der Waals surface area (Å²) >= 11 is 0. The van der Waals surface area contributed by atoms with Crippen LogP contribution in [0.25, 0.3) is 0 Å². The average Bonchev–Trinajstić information content (AvgIpc) is 2.77. The van der Waals surface area contributed by atoms with E-state index in [1.807, 2.05) is 27.2 Å². The van der Waals surface area contributed by atoms with Crippen LogP contribution in [0.4, 0.5) is 0 Å².